The van der Waals surface area contributed by atoms with Gasteiger partial charge in [0.2, 0.25) is 0 Å². The molecule has 0 aliphatic heterocycles. The predicted molar refractivity (Wildman–Crippen MR) is 90.2 cm³/mol. The molecule has 0 fully saturated rings. The highest BCUT2D eigenvalue weighted by Crippen LogP contribution is 2.21. The Morgan fingerprint density at radius 1 is 1.23 bits per heavy atom. The molecule has 0 aliphatic carbocycles. The van der Waals surface area contributed by atoms with Crippen LogP contribution in [0.5, 0.6) is 0 Å². The standard InChI is InChI=1S/C17H18BrNO3/c1-3-5-12-10-14(11-6-8-13(18)9-7-11)19-16(20)15(12)17(21)22-4-2/h6-10H,3-5H2,1-2H3,(H,19,20). The number of ether oxygens (including phenoxy) is 1. The summed E-state index contributed by atoms with van der Waals surface area (Å²) < 4.78 is 5.96. The molecule has 0 radical (unpaired) electrons. The summed E-state index contributed by atoms with van der Waals surface area (Å²) in [6, 6.07) is 9.50. The van der Waals surface area contributed by atoms with Crippen molar-refractivity contribution in [2.45, 2.75) is 26.7 Å². The molecule has 1 aromatic carbocycles. The first-order chi connectivity index (χ1) is 10.6. The zero-order valence-corrected chi connectivity index (χ0v) is 14.2. The number of benzene rings is 1. The van der Waals surface area contributed by atoms with Gasteiger partial charge in [0, 0.05) is 10.2 Å². The van der Waals surface area contributed by atoms with E-state index in [-0.39, 0.29) is 12.2 Å². The van der Waals surface area contributed by atoms with Crippen LogP contribution in [0.1, 0.15) is 36.2 Å². The molecular weight excluding hydrogens is 346 g/mol. The minimum atomic E-state index is -0.561. The van der Waals surface area contributed by atoms with Gasteiger partial charge in [-0.15, -0.1) is 0 Å². The van der Waals surface area contributed by atoms with E-state index in [1.807, 2.05) is 37.3 Å². The Balaban J connectivity index is 2.53. The van der Waals surface area contributed by atoms with Crippen molar-refractivity contribution in [1.82, 2.24) is 4.98 Å². The molecule has 0 spiro atoms. The molecule has 4 nitrogen and oxygen atoms in total. The van der Waals surface area contributed by atoms with Gasteiger partial charge in [-0.2, -0.15) is 0 Å². The van der Waals surface area contributed by atoms with E-state index in [2.05, 4.69) is 20.9 Å². The number of pyridine rings is 1. The molecule has 2 aromatic rings. The SMILES string of the molecule is CCCc1cc(-c2ccc(Br)cc2)[nH]c(=O)c1C(=O)OCC. The minimum absolute atomic E-state index is 0.115. The number of hydrogen-bond acceptors (Lipinski definition) is 3. The summed E-state index contributed by atoms with van der Waals surface area (Å²) in [5.41, 5.74) is 2.04. The Morgan fingerprint density at radius 3 is 2.50 bits per heavy atom. The van der Waals surface area contributed by atoms with Crippen LogP contribution in [0.4, 0.5) is 0 Å². The average molecular weight is 364 g/mol. The Kier molecular flexibility index (Phi) is 5.55. The minimum Gasteiger partial charge on any atom is -0.462 e. The summed E-state index contributed by atoms with van der Waals surface area (Å²) in [5, 5.41) is 0. The third kappa shape index (κ3) is 3.65. The van der Waals surface area contributed by atoms with Gasteiger partial charge in [0.1, 0.15) is 5.56 Å². The zero-order valence-electron chi connectivity index (χ0n) is 12.6. The van der Waals surface area contributed by atoms with E-state index in [0.29, 0.717) is 12.1 Å². The number of carbonyl (C=O) groups is 1. The molecule has 1 N–H and O–H groups in total. The summed E-state index contributed by atoms with van der Waals surface area (Å²) in [4.78, 5) is 27.1. The normalized spacial score (nSPS) is 10.5. The molecule has 0 atom stereocenters. The Hall–Kier alpha value is -1.88. The van der Waals surface area contributed by atoms with Crippen LogP contribution in [0.15, 0.2) is 39.6 Å². The number of nitrogens with one attached hydrogen (secondary N) is 1. The number of carbonyl (C=O) groups excluding carboxylic acids is 1. The Morgan fingerprint density at radius 2 is 1.91 bits per heavy atom. The highest BCUT2D eigenvalue weighted by Gasteiger charge is 2.18. The average Bonchev–Trinajstić information content (AvgIpc) is 2.48. The number of aromatic amines is 1. The van der Waals surface area contributed by atoms with Gasteiger partial charge < -0.3 is 9.72 Å². The fraction of sp³-hybridized carbons (Fsp3) is 0.294. The molecule has 0 unspecified atom stereocenters. The van der Waals surface area contributed by atoms with Crippen LogP contribution >= 0.6 is 15.9 Å². The van der Waals surface area contributed by atoms with Gasteiger partial charge in [0.05, 0.1) is 6.61 Å². The van der Waals surface area contributed by atoms with Crippen LogP contribution in [-0.2, 0) is 11.2 Å². The van der Waals surface area contributed by atoms with Crippen LogP contribution < -0.4 is 5.56 Å². The highest BCUT2D eigenvalue weighted by molar-refractivity contribution is 9.10. The van der Waals surface area contributed by atoms with Gasteiger partial charge >= 0.3 is 5.97 Å². The number of halogens is 1. The second kappa shape index (κ2) is 7.40. The smallest absolute Gasteiger partial charge is 0.344 e. The Bertz CT molecular complexity index is 720. The van der Waals surface area contributed by atoms with E-state index in [0.717, 1.165) is 22.0 Å². The van der Waals surface area contributed by atoms with Gasteiger partial charge in [-0.25, -0.2) is 4.79 Å². The maximum atomic E-state index is 12.3. The van der Waals surface area contributed by atoms with Gasteiger partial charge in [0.25, 0.3) is 5.56 Å². The van der Waals surface area contributed by atoms with Gasteiger partial charge in [-0.3, -0.25) is 4.79 Å². The third-order valence-corrected chi connectivity index (χ3v) is 3.80. The molecule has 22 heavy (non-hydrogen) atoms. The lowest BCUT2D eigenvalue weighted by Gasteiger charge is -2.10. The lowest BCUT2D eigenvalue weighted by Crippen LogP contribution is -2.23. The number of hydrogen-bond donors (Lipinski definition) is 1. The summed E-state index contributed by atoms with van der Waals surface area (Å²) in [6.45, 7) is 3.98. The molecule has 5 heteroatoms. The number of rotatable bonds is 5. The molecular formula is C17H18BrNO3. The maximum absolute atomic E-state index is 12.3. The van der Waals surface area contributed by atoms with E-state index in [1.165, 1.54) is 0 Å². The van der Waals surface area contributed by atoms with E-state index in [1.54, 1.807) is 6.92 Å². The fourth-order valence-electron chi connectivity index (χ4n) is 2.29. The van der Waals surface area contributed by atoms with Gasteiger partial charge in [-0.05, 0) is 42.7 Å². The van der Waals surface area contributed by atoms with Crippen molar-refractivity contribution in [1.29, 1.82) is 0 Å². The molecule has 0 saturated carbocycles. The second-order valence-electron chi connectivity index (χ2n) is 4.89. The molecule has 2 rings (SSSR count). The molecule has 0 bridgehead atoms. The summed E-state index contributed by atoms with van der Waals surface area (Å²) in [6.07, 6.45) is 1.50. The molecule has 116 valence electrons. The van der Waals surface area contributed by atoms with Crippen molar-refractivity contribution in [2.24, 2.45) is 0 Å². The summed E-state index contributed by atoms with van der Waals surface area (Å²) >= 11 is 3.39. The van der Waals surface area contributed by atoms with Crippen LogP contribution in [-0.4, -0.2) is 17.6 Å². The van der Waals surface area contributed by atoms with Crippen molar-refractivity contribution in [3.8, 4) is 11.3 Å². The van der Waals surface area contributed by atoms with Crippen LogP contribution in [0.2, 0.25) is 0 Å². The zero-order chi connectivity index (χ0) is 16.1. The topological polar surface area (TPSA) is 59.2 Å². The van der Waals surface area contributed by atoms with Crippen molar-refractivity contribution < 1.29 is 9.53 Å². The predicted octanol–water partition coefficient (Wildman–Crippen LogP) is 3.93. The Labute approximate surface area is 137 Å². The highest BCUT2D eigenvalue weighted by atomic mass is 79.9. The lowest BCUT2D eigenvalue weighted by atomic mass is 10.0. The molecule has 1 aromatic heterocycles. The molecule has 0 amide bonds. The van der Waals surface area contributed by atoms with Crippen molar-refractivity contribution in [2.75, 3.05) is 6.61 Å². The monoisotopic (exact) mass is 363 g/mol. The first kappa shape index (κ1) is 16.5. The lowest BCUT2D eigenvalue weighted by molar-refractivity contribution is 0.0523. The number of H-pyrrole nitrogens is 1. The first-order valence-corrected chi connectivity index (χ1v) is 8.05. The number of esters is 1. The number of aromatic nitrogens is 1. The van der Waals surface area contributed by atoms with Crippen molar-refractivity contribution >= 4 is 21.9 Å². The first-order valence-electron chi connectivity index (χ1n) is 7.26. The van der Waals surface area contributed by atoms with Crippen LogP contribution in [0.25, 0.3) is 11.3 Å². The van der Waals surface area contributed by atoms with Gasteiger partial charge in [-0.1, -0.05) is 41.4 Å². The quantitative estimate of drug-likeness (QED) is 0.818. The van der Waals surface area contributed by atoms with Gasteiger partial charge in [0.15, 0.2) is 0 Å². The fourth-order valence-corrected chi connectivity index (χ4v) is 2.56. The second-order valence-corrected chi connectivity index (χ2v) is 5.81. The largest absolute Gasteiger partial charge is 0.462 e. The van der Waals surface area contributed by atoms with E-state index in [4.69, 9.17) is 4.74 Å². The van der Waals surface area contributed by atoms with Crippen molar-refractivity contribution in [3.63, 3.8) is 0 Å². The summed E-state index contributed by atoms with van der Waals surface area (Å²) in [5.74, 6) is -0.561. The van der Waals surface area contributed by atoms with Crippen molar-refractivity contribution in [3.05, 3.63) is 56.3 Å². The molecule has 1 heterocycles. The van der Waals surface area contributed by atoms with E-state index < -0.39 is 11.5 Å². The molecule has 0 saturated heterocycles. The van der Waals surface area contributed by atoms with Crippen LogP contribution in [0, 0.1) is 0 Å². The number of aryl methyl sites for hydroxylation is 1. The third-order valence-electron chi connectivity index (χ3n) is 3.27. The summed E-state index contributed by atoms with van der Waals surface area (Å²) in [7, 11) is 0. The van der Waals surface area contributed by atoms with E-state index >= 15 is 0 Å². The van der Waals surface area contributed by atoms with Crippen LogP contribution in [0.3, 0.4) is 0 Å². The maximum Gasteiger partial charge on any atom is 0.344 e. The molecule has 0 aliphatic rings. The van der Waals surface area contributed by atoms with E-state index in [9.17, 15) is 9.59 Å².